The fourth-order valence-corrected chi connectivity index (χ4v) is 4.52. The molecule has 1 N–H and O–H groups in total. The summed E-state index contributed by atoms with van der Waals surface area (Å²) in [5, 5.41) is 19.9. The second-order valence-electron chi connectivity index (χ2n) is 8.49. The number of hydrogen-bond donors (Lipinski definition) is 1. The Hall–Kier alpha value is -4.68. The van der Waals surface area contributed by atoms with Crippen LogP contribution < -0.4 is 9.96 Å². The number of anilines is 2. The zero-order valence-corrected chi connectivity index (χ0v) is 19.2. The summed E-state index contributed by atoms with van der Waals surface area (Å²) in [5.41, 5.74) is 3.11. The molecule has 5 rings (SSSR count). The van der Waals surface area contributed by atoms with Gasteiger partial charge in [-0.05, 0) is 42.0 Å². The molecular weight excluding hydrogens is 460 g/mol. The zero-order chi connectivity index (χ0) is 25.2. The van der Waals surface area contributed by atoms with Gasteiger partial charge in [0, 0.05) is 6.54 Å². The number of fused-ring (bicyclic) bond motifs is 4. The molecule has 36 heavy (non-hydrogen) atoms. The lowest BCUT2D eigenvalue weighted by molar-refractivity contribution is -0.137. The largest absolute Gasteiger partial charge is 0.481 e. The van der Waals surface area contributed by atoms with Gasteiger partial charge in [-0.15, -0.1) is 0 Å². The standard InChI is InChI=1S/C27H22N4O5/c28-15-18-9-11-19(12-10-18)17-36-31-23-8-4-2-6-21(23)27(35)30-22-7-3-1-5-20(22)26(34)29(16-24(30)31)14-13-25(32)33/h1-12,24H,13-14,16-17H2,(H,32,33). The van der Waals surface area contributed by atoms with Gasteiger partial charge in [-0.2, -0.15) is 5.26 Å². The molecule has 0 aliphatic carbocycles. The predicted molar refractivity (Wildman–Crippen MR) is 130 cm³/mol. The Bertz CT molecular complexity index is 1380. The van der Waals surface area contributed by atoms with Crippen molar-refractivity contribution in [3.05, 3.63) is 95.1 Å². The highest BCUT2D eigenvalue weighted by molar-refractivity contribution is 6.15. The van der Waals surface area contributed by atoms with E-state index in [0.717, 1.165) is 5.56 Å². The van der Waals surface area contributed by atoms with Crippen molar-refractivity contribution in [2.45, 2.75) is 19.2 Å². The molecule has 2 aliphatic heterocycles. The Labute approximate surface area is 207 Å². The minimum absolute atomic E-state index is 0.00780. The number of nitrogens with zero attached hydrogens (tertiary/aromatic N) is 4. The predicted octanol–water partition coefficient (Wildman–Crippen LogP) is 3.41. The van der Waals surface area contributed by atoms with Crippen LogP contribution >= 0.6 is 0 Å². The minimum Gasteiger partial charge on any atom is -0.481 e. The molecule has 180 valence electrons. The molecule has 9 heteroatoms. The Morgan fingerprint density at radius 2 is 1.58 bits per heavy atom. The molecule has 0 spiro atoms. The van der Waals surface area contributed by atoms with Crippen LogP contribution in [-0.2, 0) is 16.2 Å². The maximum absolute atomic E-state index is 13.7. The quantitative estimate of drug-likeness (QED) is 0.573. The van der Waals surface area contributed by atoms with E-state index in [1.165, 1.54) is 4.90 Å². The van der Waals surface area contributed by atoms with Crippen molar-refractivity contribution in [3.8, 4) is 6.07 Å². The van der Waals surface area contributed by atoms with E-state index in [1.54, 1.807) is 82.8 Å². The van der Waals surface area contributed by atoms with Crippen molar-refractivity contribution < 1.29 is 24.3 Å². The number of amides is 2. The maximum atomic E-state index is 13.7. The molecule has 2 heterocycles. The molecule has 0 fully saturated rings. The fraction of sp³-hybridized carbons (Fsp3) is 0.185. The van der Waals surface area contributed by atoms with Crippen molar-refractivity contribution in [2.24, 2.45) is 0 Å². The van der Waals surface area contributed by atoms with Crippen LogP contribution in [0.4, 0.5) is 11.4 Å². The highest BCUT2D eigenvalue weighted by Gasteiger charge is 2.44. The third kappa shape index (κ3) is 4.15. The van der Waals surface area contributed by atoms with Gasteiger partial charge in [0.15, 0.2) is 6.17 Å². The molecule has 3 aromatic rings. The van der Waals surface area contributed by atoms with Crippen LogP contribution in [0.3, 0.4) is 0 Å². The van der Waals surface area contributed by atoms with Crippen molar-refractivity contribution in [1.29, 1.82) is 5.26 Å². The number of nitriles is 1. The zero-order valence-electron chi connectivity index (χ0n) is 19.2. The highest BCUT2D eigenvalue weighted by atomic mass is 16.7. The lowest BCUT2D eigenvalue weighted by Crippen LogP contribution is -2.59. The molecule has 2 amide bonds. The number of rotatable bonds is 6. The Morgan fingerprint density at radius 1 is 0.944 bits per heavy atom. The van der Waals surface area contributed by atoms with Gasteiger partial charge in [-0.3, -0.25) is 24.1 Å². The smallest absolute Gasteiger partial charge is 0.305 e. The van der Waals surface area contributed by atoms with Crippen molar-refractivity contribution in [2.75, 3.05) is 23.1 Å². The average Bonchev–Trinajstić information content (AvgIpc) is 3.02. The number of carbonyl (C=O) groups excluding carboxylic acids is 2. The SMILES string of the molecule is N#Cc1ccc(CON2c3ccccc3C(=O)N3c4ccccc4C(=O)N(CCC(=O)O)CC23)cc1. The van der Waals surface area contributed by atoms with Gasteiger partial charge in [0.2, 0.25) is 0 Å². The number of para-hydroxylation sites is 2. The lowest BCUT2D eigenvalue weighted by atomic mass is 10.0. The first-order valence-electron chi connectivity index (χ1n) is 11.4. The van der Waals surface area contributed by atoms with Gasteiger partial charge in [-0.1, -0.05) is 36.4 Å². The monoisotopic (exact) mass is 482 g/mol. The van der Waals surface area contributed by atoms with Crippen LogP contribution in [0, 0.1) is 11.3 Å². The van der Waals surface area contributed by atoms with Crippen molar-refractivity contribution in [1.82, 2.24) is 4.90 Å². The number of carboxylic acid groups (broad SMARTS) is 1. The first-order chi connectivity index (χ1) is 17.5. The lowest BCUT2D eigenvalue weighted by Gasteiger charge is -2.44. The summed E-state index contributed by atoms with van der Waals surface area (Å²) >= 11 is 0. The number of benzene rings is 3. The van der Waals surface area contributed by atoms with E-state index in [-0.39, 0.29) is 37.9 Å². The van der Waals surface area contributed by atoms with Crippen LogP contribution in [0.15, 0.2) is 72.8 Å². The topological polar surface area (TPSA) is 114 Å². The second kappa shape index (κ2) is 9.52. The average molecular weight is 482 g/mol. The Balaban J connectivity index is 1.57. The second-order valence-corrected chi connectivity index (χ2v) is 8.49. The molecule has 2 aliphatic rings. The summed E-state index contributed by atoms with van der Waals surface area (Å²) in [4.78, 5) is 47.7. The van der Waals surface area contributed by atoms with Gasteiger partial charge in [-0.25, -0.2) is 5.06 Å². The number of hydrogen-bond acceptors (Lipinski definition) is 6. The molecule has 1 atom stereocenters. The molecule has 1 unspecified atom stereocenters. The van der Waals surface area contributed by atoms with Crippen LogP contribution in [-0.4, -0.2) is 47.0 Å². The van der Waals surface area contributed by atoms with E-state index in [2.05, 4.69) is 6.07 Å². The van der Waals surface area contributed by atoms with E-state index >= 15 is 0 Å². The molecule has 0 radical (unpaired) electrons. The molecule has 0 saturated carbocycles. The Morgan fingerprint density at radius 3 is 2.25 bits per heavy atom. The third-order valence-electron chi connectivity index (χ3n) is 6.27. The first kappa shape index (κ1) is 23.1. The molecular formula is C27H22N4O5. The van der Waals surface area contributed by atoms with Crippen LogP contribution in [0.25, 0.3) is 0 Å². The minimum atomic E-state index is -1.02. The van der Waals surface area contributed by atoms with Crippen LogP contribution in [0.1, 0.15) is 38.3 Å². The number of carbonyl (C=O) groups is 3. The maximum Gasteiger partial charge on any atom is 0.305 e. The molecule has 3 aromatic carbocycles. The first-order valence-corrected chi connectivity index (χ1v) is 11.4. The van der Waals surface area contributed by atoms with E-state index < -0.39 is 12.1 Å². The normalized spacial score (nSPS) is 16.5. The van der Waals surface area contributed by atoms with Crippen LogP contribution in [0.5, 0.6) is 0 Å². The van der Waals surface area contributed by atoms with Gasteiger partial charge in [0.1, 0.15) is 6.61 Å². The van der Waals surface area contributed by atoms with E-state index in [9.17, 15) is 19.5 Å². The number of carboxylic acids is 1. The summed E-state index contributed by atoms with van der Waals surface area (Å²) in [6, 6.07) is 23.0. The van der Waals surface area contributed by atoms with Gasteiger partial charge >= 0.3 is 5.97 Å². The molecule has 9 nitrogen and oxygen atoms in total. The van der Waals surface area contributed by atoms with Gasteiger partial charge in [0.05, 0.1) is 47.1 Å². The number of aliphatic carboxylic acids is 1. The third-order valence-corrected chi connectivity index (χ3v) is 6.27. The fourth-order valence-electron chi connectivity index (χ4n) is 4.52. The summed E-state index contributed by atoms with van der Waals surface area (Å²) in [7, 11) is 0. The molecule has 0 saturated heterocycles. The summed E-state index contributed by atoms with van der Waals surface area (Å²) < 4.78 is 0. The van der Waals surface area contributed by atoms with E-state index in [1.807, 2.05) is 0 Å². The van der Waals surface area contributed by atoms with Crippen molar-refractivity contribution >= 4 is 29.2 Å². The summed E-state index contributed by atoms with van der Waals surface area (Å²) in [5.74, 6) is -1.63. The summed E-state index contributed by atoms with van der Waals surface area (Å²) in [6.07, 6.45) is -0.954. The van der Waals surface area contributed by atoms with Gasteiger partial charge in [0.25, 0.3) is 11.8 Å². The van der Waals surface area contributed by atoms with E-state index in [0.29, 0.717) is 28.1 Å². The van der Waals surface area contributed by atoms with E-state index in [4.69, 9.17) is 10.1 Å². The summed E-state index contributed by atoms with van der Waals surface area (Å²) in [6.45, 7) is 0.198. The number of hydroxylamine groups is 1. The van der Waals surface area contributed by atoms with Crippen molar-refractivity contribution in [3.63, 3.8) is 0 Å². The highest BCUT2D eigenvalue weighted by Crippen LogP contribution is 2.38. The Kier molecular flexibility index (Phi) is 6.10. The molecule has 0 bridgehead atoms. The van der Waals surface area contributed by atoms with Crippen LogP contribution in [0.2, 0.25) is 0 Å². The van der Waals surface area contributed by atoms with Gasteiger partial charge < -0.3 is 10.0 Å². The molecule has 0 aromatic heterocycles.